The molecule has 11 heteroatoms. The van der Waals surface area contributed by atoms with E-state index >= 15 is 0 Å². The van der Waals surface area contributed by atoms with Crippen LogP contribution in [-0.2, 0) is 28.7 Å². The number of hydrogen-bond acceptors (Lipinski definition) is 7. The van der Waals surface area contributed by atoms with E-state index in [0.29, 0.717) is 24.8 Å². The maximum absolute atomic E-state index is 14.8. The van der Waals surface area contributed by atoms with Gasteiger partial charge in [-0.05, 0) is 44.1 Å². The van der Waals surface area contributed by atoms with Crippen molar-refractivity contribution >= 4 is 39.6 Å². The highest BCUT2D eigenvalue weighted by atomic mass is 79.9. The van der Waals surface area contributed by atoms with Crippen LogP contribution in [0.1, 0.15) is 77.9 Å². The zero-order valence-electron chi connectivity index (χ0n) is 28.7. The number of carbonyl (C=O) groups is 4. The summed E-state index contributed by atoms with van der Waals surface area (Å²) in [6.45, 7) is 15.6. The first-order valence-corrected chi connectivity index (χ1v) is 18.2. The highest BCUT2D eigenvalue weighted by Gasteiger charge is 2.77. The van der Waals surface area contributed by atoms with Gasteiger partial charge in [-0.2, -0.15) is 0 Å². The van der Waals surface area contributed by atoms with E-state index in [0.717, 1.165) is 12.8 Å². The minimum Gasteiger partial charge on any atom is -0.455 e. The third-order valence-corrected chi connectivity index (χ3v) is 10.8. The van der Waals surface area contributed by atoms with Gasteiger partial charge in [0.2, 0.25) is 17.7 Å². The minimum absolute atomic E-state index is 0.0471. The lowest BCUT2D eigenvalue weighted by Crippen LogP contribution is -2.60. The van der Waals surface area contributed by atoms with Crippen molar-refractivity contribution in [1.29, 1.82) is 0 Å². The lowest BCUT2D eigenvalue weighted by molar-refractivity contribution is -0.161. The van der Waals surface area contributed by atoms with Gasteiger partial charge >= 0.3 is 5.97 Å². The minimum atomic E-state index is -1.30. The van der Waals surface area contributed by atoms with Crippen LogP contribution >= 0.6 is 15.9 Å². The fourth-order valence-corrected chi connectivity index (χ4v) is 8.77. The Kier molecular flexibility index (Phi) is 13.1. The van der Waals surface area contributed by atoms with E-state index in [1.54, 1.807) is 17.1 Å². The van der Waals surface area contributed by atoms with Gasteiger partial charge in [0, 0.05) is 23.8 Å². The van der Waals surface area contributed by atoms with Crippen LogP contribution in [0.5, 0.6) is 0 Å². The summed E-state index contributed by atoms with van der Waals surface area (Å²) in [5.41, 5.74) is -0.605. The quantitative estimate of drug-likeness (QED) is 0.127. The molecule has 264 valence electrons. The van der Waals surface area contributed by atoms with E-state index in [9.17, 15) is 24.3 Å². The molecule has 0 aromatic heterocycles. The SMILES string of the molecule is C=CCCC(=O)NC[C@@H](OC(=O)[C@@H]1[C@H]2O[C@@]3(CC2Br)[C@H](C(=O)N(CC=C)C(C)CCC)N([C@@H](CO)CC(C)C)C(=O)[C@@H]13)c1ccccc1. The second kappa shape index (κ2) is 16.6. The van der Waals surface area contributed by atoms with Gasteiger partial charge in [0.05, 0.1) is 37.1 Å². The molecule has 3 aliphatic heterocycles. The maximum Gasteiger partial charge on any atom is 0.313 e. The number of likely N-dealkylation sites (tertiary alicyclic amines) is 1. The highest BCUT2D eigenvalue weighted by molar-refractivity contribution is 9.09. The van der Waals surface area contributed by atoms with Gasteiger partial charge in [-0.3, -0.25) is 19.2 Å². The molecule has 2 unspecified atom stereocenters. The fraction of sp³-hybridized carbons (Fsp3) is 0.622. The zero-order chi connectivity index (χ0) is 35.2. The standard InChI is InChI=1S/C37H52BrN3O7/c1-7-10-17-29(43)39-21-28(25-15-12-11-13-16-25)47-36(46)30-31-34(44)41(26(22-42)19-23(4)5)33(37(31)20-27(38)32(30)48-37)35(45)40(18-9-3)24(6)14-8-2/h7,9,11-13,15-16,23-24,26-28,30-33,42H,1,3,8,10,14,17-22H2,2,4-6H3,(H,39,43)/t24?,26-,27?,28-,30+,31-,32+,33+,37-/m1/s1. The number of rotatable bonds is 18. The Morgan fingerprint density at radius 1 is 1.21 bits per heavy atom. The molecule has 4 rings (SSSR count). The molecule has 3 heterocycles. The van der Waals surface area contributed by atoms with Gasteiger partial charge in [-0.15, -0.1) is 13.2 Å². The Bertz CT molecular complexity index is 1330. The van der Waals surface area contributed by atoms with Crippen molar-refractivity contribution < 1.29 is 33.8 Å². The Balaban J connectivity index is 1.73. The summed E-state index contributed by atoms with van der Waals surface area (Å²) in [5.74, 6) is -3.33. The van der Waals surface area contributed by atoms with Crippen LogP contribution in [0, 0.1) is 17.8 Å². The van der Waals surface area contributed by atoms with E-state index < -0.39 is 47.7 Å². The number of halogens is 1. The van der Waals surface area contributed by atoms with Crippen molar-refractivity contribution in [3.8, 4) is 0 Å². The molecule has 3 saturated heterocycles. The van der Waals surface area contributed by atoms with Crippen molar-refractivity contribution in [2.24, 2.45) is 17.8 Å². The van der Waals surface area contributed by atoms with Crippen LogP contribution < -0.4 is 5.32 Å². The number of nitrogens with one attached hydrogen (secondary N) is 1. The van der Waals surface area contributed by atoms with E-state index in [-0.39, 0.29) is 60.6 Å². The van der Waals surface area contributed by atoms with E-state index in [2.05, 4.69) is 41.3 Å². The molecule has 3 amide bonds. The molecule has 3 fully saturated rings. The van der Waals surface area contributed by atoms with Crippen molar-refractivity contribution in [3.05, 3.63) is 61.2 Å². The molecule has 2 bridgehead atoms. The lowest BCUT2D eigenvalue weighted by atomic mass is 9.70. The van der Waals surface area contributed by atoms with Gasteiger partial charge < -0.3 is 29.7 Å². The molecule has 1 aromatic rings. The topological polar surface area (TPSA) is 125 Å². The summed E-state index contributed by atoms with van der Waals surface area (Å²) in [6.07, 6.45) is 5.04. The summed E-state index contributed by atoms with van der Waals surface area (Å²) in [6, 6.07) is 7.33. The second-order valence-corrected chi connectivity index (χ2v) is 14.9. The number of amides is 3. The van der Waals surface area contributed by atoms with Crippen LogP contribution in [0.3, 0.4) is 0 Å². The van der Waals surface area contributed by atoms with Crippen molar-refractivity contribution in [2.45, 2.75) is 107 Å². The lowest BCUT2D eigenvalue weighted by Gasteiger charge is -2.41. The number of carbonyl (C=O) groups excluding carboxylic acids is 4. The summed E-state index contributed by atoms with van der Waals surface area (Å²) in [5, 5.41) is 13.5. The number of esters is 1. The third-order valence-electron chi connectivity index (χ3n) is 9.92. The first-order chi connectivity index (χ1) is 22.9. The average Bonchev–Trinajstić information content (AvgIpc) is 3.66. The number of aliphatic hydroxyl groups is 1. The maximum atomic E-state index is 14.8. The molecule has 10 nitrogen and oxygen atoms in total. The van der Waals surface area contributed by atoms with E-state index in [1.807, 2.05) is 51.1 Å². The molecular weight excluding hydrogens is 678 g/mol. The Hall–Kier alpha value is -3.02. The third kappa shape index (κ3) is 7.58. The van der Waals surface area contributed by atoms with Gasteiger partial charge in [0.15, 0.2) is 0 Å². The zero-order valence-corrected chi connectivity index (χ0v) is 30.3. The number of nitrogens with zero attached hydrogens (tertiary/aromatic N) is 2. The van der Waals surface area contributed by atoms with Gasteiger partial charge in [-0.1, -0.05) is 85.6 Å². The normalized spacial score (nSPS) is 27.7. The average molecular weight is 731 g/mol. The van der Waals surface area contributed by atoms with Gasteiger partial charge in [-0.25, -0.2) is 0 Å². The molecule has 1 spiro atoms. The number of fused-ring (bicyclic) bond motifs is 1. The summed E-state index contributed by atoms with van der Waals surface area (Å²) >= 11 is 3.73. The van der Waals surface area contributed by atoms with E-state index in [4.69, 9.17) is 9.47 Å². The predicted octanol–water partition coefficient (Wildman–Crippen LogP) is 4.71. The van der Waals surface area contributed by atoms with Crippen LogP contribution in [-0.4, -0.2) is 93.0 Å². The van der Waals surface area contributed by atoms with Crippen LogP contribution in [0.2, 0.25) is 0 Å². The molecule has 1 aromatic carbocycles. The van der Waals surface area contributed by atoms with E-state index in [1.165, 1.54) is 4.90 Å². The summed E-state index contributed by atoms with van der Waals surface area (Å²) in [4.78, 5) is 59.2. The molecule has 48 heavy (non-hydrogen) atoms. The first kappa shape index (κ1) is 37.8. The monoisotopic (exact) mass is 729 g/mol. The molecule has 0 aliphatic carbocycles. The number of benzene rings is 1. The Morgan fingerprint density at radius 3 is 2.52 bits per heavy atom. The van der Waals surface area contributed by atoms with Crippen molar-refractivity contribution in [3.63, 3.8) is 0 Å². The number of allylic oxidation sites excluding steroid dienone is 1. The molecule has 0 saturated carbocycles. The Labute approximate surface area is 293 Å². The van der Waals surface area contributed by atoms with Gasteiger partial charge in [0.1, 0.15) is 17.7 Å². The van der Waals surface area contributed by atoms with Gasteiger partial charge in [0.25, 0.3) is 0 Å². The van der Waals surface area contributed by atoms with Crippen LogP contribution in [0.15, 0.2) is 55.6 Å². The van der Waals surface area contributed by atoms with Crippen molar-refractivity contribution in [1.82, 2.24) is 15.1 Å². The smallest absolute Gasteiger partial charge is 0.313 e. The Morgan fingerprint density at radius 2 is 1.92 bits per heavy atom. The number of aliphatic hydroxyl groups excluding tert-OH is 1. The number of hydrogen-bond donors (Lipinski definition) is 2. The first-order valence-electron chi connectivity index (χ1n) is 17.2. The summed E-state index contributed by atoms with van der Waals surface area (Å²) < 4.78 is 12.9. The summed E-state index contributed by atoms with van der Waals surface area (Å²) in [7, 11) is 0. The highest BCUT2D eigenvalue weighted by Crippen LogP contribution is 2.61. The molecule has 2 N–H and O–H groups in total. The molecule has 0 radical (unpaired) electrons. The fourth-order valence-electron chi connectivity index (χ4n) is 7.83. The van der Waals surface area contributed by atoms with Crippen LogP contribution in [0.25, 0.3) is 0 Å². The number of ether oxygens (including phenoxy) is 2. The largest absolute Gasteiger partial charge is 0.455 e. The van der Waals surface area contributed by atoms with Crippen molar-refractivity contribution in [2.75, 3.05) is 19.7 Å². The predicted molar refractivity (Wildman–Crippen MR) is 187 cm³/mol. The number of alkyl halides is 1. The molecule has 9 atom stereocenters. The second-order valence-electron chi connectivity index (χ2n) is 13.8. The molecule has 3 aliphatic rings. The van der Waals surface area contributed by atoms with Crippen LogP contribution in [0.4, 0.5) is 0 Å². The molecular formula is C37H52BrN3O7.